The Labute approximate surface area is 153 Å². The van der Waals surface area contributed by atoms with Gasteiger partial charge in [-0.3, -0.25) is 0 Å². The molecule has 2 aliphatic rings. The summed E-state index contributed by atoms with van der Waals surface area (Å²) in [5.41, 5.74) is 1.52. The van der Waals surface area contributed by atoms with Crippen LogP contribution in [0.15, 0.2) is 34.9 Å². The van der Waals surface area contributed by atoms with Gasteiger partial charge in [0, 0.05) is 38.0 Å². The number of aliphatic imine (C=N–C) groups is 1. The minimum atomic E-state index is -0.423. The molecule has 1 fully saturated rings. The molecule has 5 nitrogen and oxygen atoms in total. The minimum absolute atomic E-state index is 0.0969. The molecule has 136 valence electrons. The van der Waals surface area contributed by atoms with Crippen molar-refractivity contribution < 1.29 is 4.39 Å². The molecule has 25 heavy (non-hydrogen) atoms. The second kappa shape index (κ2) is 8.97. The van der Waals surface area contributed by atoms with E-state index in [1.54, 1.807) is 18.4 Å². The highest BCUT2D eigenvalue weighted by Gasteiger charge is 2.31. The number of allylic oxidation sites excluding steroid dienone is 1. The number of hydrogen-bond donors (Lipinski definition) is 1. The molecule has 1 atom stereocenters. The highest BCUT2D eigenvalue weighted by atomic mass is 35.5. The molecule has 0 bridgehead atoms. The van der Waals surface area contributed by atoms with Gasteiger partial charge in [-0.1, -0.05) is 17.7 Å². The lowest BCUT2D eigenvalue weighted by molar-refractivity contribution is 0.258. The van der Waals surface area contributed by atoms with E-state index in [2.05, 4.69) is 21.9 Å². The van der Waals surface area contributed by atoms with Gasteiger partial charge in [-0.05, 0) is 32.9 Å². The third-order valence-electron chi connectivity index (χ3n) is 3.95. The van der Waals surface area contributed by atoms with Crippen molar-refractivity contribution in [3.05, 3.63) is 41.2 Å². The van der Waals surface area contributed by atoms with Gasteiger partial charge < -0.3 is 10.2 Å². The van der Waals surface area contributed by atoms with Crippen LogP contribution in [0.25, 0.3) is 0 Å². The molecule has 1 saturated heterocycles. The van der Waals surface area contributed by atoms with Crippen molar-refractivity contribution in [3.8, 4) is 0 Å². The van der Waals surface area contributed by atoms with Crippen molar-refractivity contribution in [1.29, 1.82) is 0 Å². The van der Waals surface area contributed by atoms with E-state index in [1.165, 1.54) is 6.07 Å². The smallest absolute Gasteiger partial charge is 0.223 e. The van der Waals surface area contributed by atoms with Gasteiger partial charge in [0.2, 0.25) is 5.96 Å². The van der Waals surface area contributed by atoms with Crippen LogP contribution in [0.5, 0.6) is 0 Å². The predicted octanol–water partition coefficient (Wildman–Crippen LogP) is 3.95. The summed E-state index contributed by atoms with van der Waals surface area (Å²) in [4.78, 5) is 6.89. The molecule has 1 aromatic rings. The van der Waals surface area contributed by atoms with E-state index in [1.807, 2.05) is 25.8 Å². The SMILES string of the molecule is C/C=N\N1C(N2CCNCC2)=Nc2cc(Cl)c(F)cc2C1C.C=CC. The third kappa shape index (κ3) is 4.38. The molecule has 0 amide bonds. The Morgan fingerprint density at radius 1 is 1.36 bits per heavy atom. The molecule has 2 heterocycles. The molecule has 0 aromatic heterocycles. The van der Waals surface area contributed by atoms with E-state index < -0.39 is 5.82 Å². The Hall–Kier alpha value is -1.92. The lowest BCUT2D eigenvalue weighted by atomic mass is 10.0. The number of nitrogens with zero attached hydrogens (tertiary/aromatic N) is 4. The summed E-state index contributed by atoms with van der Waals surface area (Å²) in [6.07, 6.45) is 3.48. The van der Waals surface area contributed by atoms with E-state index >= 15 is 0 Å². The predicted molar refractivity (Wildman–Crippen MR) is 103 cm³/mol. The van der Waals surface area contributed by atoms with Crippen molar-refractivity contribution >= 4 is 29.5 Å². The maximum Gasteiger partial charge on any atom is 0.223 e. The Kier molecular flexibility index (Phi) is 6.96. The van der Waals surface area contributed by atoms with Gasteiger partial charge >= 0.3 is 0 Å². The van der Waals surface area contributed by atoms with Crippen LogP contribution in [-0.2, 0) is 0 Å². The fourth-order valence-electron chi connectivity index (χ4n) is 2.80. The van der Waals surface area contributed by atoms with E-state index in [4.69, 9.17) is 16.6 Å². The lowest BCUT2D eigenvalue weighted by Gasteiger charge is -2.39. The number of hydrogen-bond acceptors (Lipinski definition) is 5. The van der Waals surface area contributed by atoms with Crippen molar-refractivity contribution in [2.45, 2.75) is 26.8 Å². The number of hydrazone groups is 1. The summed E-state index contributed by atoms with van der Waals surface area (Å²) in [5.74, 6) is 0.371. The fourth-order valence-corrected chi connectivity index (χ4v) is 2.96. The Balaban J connectivity index is 0.000000701. The second-order valence-electron chi connectivity index (χ2n) is 5.78. The van der Waals surface area contributed by atoms with Crippen molar-refractivity contribution in [1.82, 2.24) is 15.2 Å². The Morgan fingerprint density at radius 3 is 2.60 bits per heavy atom. The number of piperazine rings is 1. The van der Waals surface area contributed by atoms with Crippen LogP contribution in [0.4, 0.5) is 10.1 Å². The molecule has 3 rings (SSSR count). The maximum atomic E-state index is 13.8. The summed E-state index contributed by atoms with van der Waals surface area (Å²) in [7, 11) is 0. The summed E-state index contributed by atoms with van der Waals surface area (Å²) in [6.45, 7) is 12.7. The first-order valence-corrected chi connectivity index (χ1v) is 8.79. The molecule has 0 aliphatic carbocycles. The van der Waals surface area contributed by atoms with E-state index in [9.17, 15) is 4.39 Å². The van der Waals surface area contributed by atoms with Gasteiger partial charge in [0.1, 0.15) is 5.82 Å². The largest absolute Gasteiger partial charge is 0.338 e. The first kappa shape index (κ1) is 19.4. The number of halogens is 2. The number of nitrogens with one attached hydrogen (secondary N) is 1. The van der Waals surface area contributed by atoms with Crippen molar-refractivity contribution in [2.75, 3.05) is 26.2 Å². The highest BCUT2D eigenvalue weighted by Crippen LogP contribution is 2.38. The second-order valence-corrected chi connectivity index (χ2v) is 6.18. The number of fused-ring (bicyclic) bond motifs is 1. The highest BCUT2D eigenvalue weighted by molar-refractivity contribution is 6.31. The molecule has 1 N–H and O–H groups in total. The van der Waals surface area contributed by atoms with Crippen LogP contribution < -0.4 is 5.32 Å². The zero-order valence-electron chi connectivity index (χ0n) is 15.0. The first-order valence-electron chi connectivity index (χ1n) is 8.41. The summed E-state index contributed by atoms with van der Waals surface area (Å²) in [6, 6.07) is 2.96. The van der Waals surface area contributed by atoms with Crippen LogP contribution >= 0.6 is 11.6 Å². The summed E-state index contributed by atoms with van der Waals surface area (Å²) in [5, 5.41) is 9.70. The maximum absolute atomic E-state index is 13.8. The number of rotatable bonds is 1. The van der Waals surface area contributed by atoms with E-state index in [0.29, 0.717) is 0 Å². The molecule has 0 spiro atoms. The quantitative estimate of drug-likeness (QED) is 0.605. The van der Waals surface area contributed by atoms with Crippen LogP contribution in [0, 0.1) is 5.82 Å². The topological polar surface area (TPSA) is 43.2 Å². The monoisotopic (exact) mass is 365 g/mol. The molecule has 0 radical (unpaired) electrons. The van der Waals surface area contributed by atoms with E-state index in [0.717, 1.165) is 43.4 Å². The van der Waals surface area contributed by atoms with Gasteiger partial charge in [0.05, 0.1) is 16.8 Å². The zero-order chi connectivity index (χ0) is 18.4. The van der Waals surface area contributed by atoms with Crippen molar-refractivity contribution in [3.63, 3.8) is 0 Å². The first-order chi connectivity index (χ1) is 12.0. The molecule has 1 unspecified atom stereocenters. The standard InChI is InChI=1S/C15H19ClFN5.C3H6/c1-3-19-22-10(2)11-8-13(17)12(16)9-14(11)20-15(22)21-6-4-18-5-7-21;1-3-2/h3,8-10,18H,4-7H2,1-2H3;3H,1H2,2H3/b19-3-;. The summed E-state index contributed by atoms with van der Waals surface area (Å²) < 4.78 is 13.8. The number of guanidine groups is 1. The third-order valence-corrected chi connectivity index (χ3v) is 4.24. The molecule has 1 aromatic carbocycles. The van der Waals surface area contributed by atoms with Gasteiger partial charge in [-0.15, -0.1) is 6.58 Å². The van der Waals surface area contributed by atoms with Crippen LogP contribution in [0.1, 0.15) is 32.4 Å². The molecule has 2 aliphatic heterocycles. The molecular formula is C18H25ClFN5. The summed E-state index contributed by atoms with van der Waals surface area (Å²) >= 11 is 5.91. The Morgan fingerprint density at radius 2 is 2.00 bits per heavy atom. The van der Waals surface area contributed by atoms with Gasteiger partial charge in [0.15, 0.2) is 0 Å². The molecular weight excluding hydrogens is 341 g/mol. The van der Waals surface area contributed by atoms with Crippen molar-refractivity contribution in [2.24, 2.45) is 10.1 Å². The zero-order valence-corrected chi connectivity index (χ0v) is 15.7. The minimum Gasteiger partial charge on any atom is -0.338 e. The Bertz CT molecular complexity index is 668. The van der Waals surface area contributed by atoms with Gasteiger partial charge in [-0.25, -0.2) is 14.4 Å². The average Bonchev–Trinajstić information content (AvgIpc) is 2.61. The fraction of sp³-hybridized carbons (Fsp3) is 0.444. The normalized spacial score (nSPS) is 19.9. The van der Waals surface area contributed by atoms with Gasteiger partial charge in [0.25, 0.3) is 0 Å². The van der Waals surface area contributed by atoms with Crippen LogP contribution in [-0.4, -0.2) is 48.3 Å². The molecule has 7 heteroatoms. The van der Waals surface area contributed by atoms with Gasteiger partial charge in [-0.2, -0.15) is 5.10 Å². The van der Waals surface area contributed by atoms with Crippen LogP contribution in [0.2, 0.25) is 5.02 Å². The number of benzene rings is 1. The van der Waals surface area contributed by atoms with Crippen LogP contribution in [0.3, 0.4) is 0 Å². The molecule has 0 saturated carbocycles. The lowest BCUT2D eigenvalue weighted by Crippen LogP contribution is -2.52. The average molecular weight is 366 g/mol. The van der Waals surface area contributed by atoms with E-state index in [-0.39, 0.29) is 11.1 Å².